The molecule has 0 saturated carbocycles. The predicted octanol–water partition coefficient (Wildman–Crippen LogP) is 3.12. The van der Waals surface area contributed by atoms with Gasteiger partial charge in [0.25, 0.3) is 5.56 Å². The molecular formula is C27H26N2O6S. The van der Waals surface area contributed by atoms with Crippen molar-refractivity contribution >= 4 is 29.4 Å². The summed E-state index contributed by atoms with van der Waals surface area (Å²) < 4.78 is 17.9. The second-order valence-corrected chi connectivity index (χ2v) is 9.48. The molecule has 1 aromatic heterocycles. The quantitative estimate of drug-likeness (QED) is 0.377. The second kappa shape index (κ2) is 10.3. The molecule has 9 heteroatoms. The van der Waals surface area contributed by atoms with Crippen LogP contribution in [0.25, 0.3) is 6.08 Å². The number of hydrogen-bond donors (Lipinski definition) is 0. The van der Waals surface area contributed by atoms with E-state index in [2.05, 4.69) is 4.99 Å². The Balaban J connectivity index is 1.89. The molecule has 3 aromatic rings. The number of esters is 2. The predicted molar refractivity (Wildman–Crippen MR) is 136 cm³/mol. The van der Waals surface area contributed by atoms with Crippen LogP contribution in [-0.4, -0.2) is 29.7 Å². The average Bonchev–Trinajstić information content (AvgIpc) is 3.12. The number of carbonyl (C=O) groups excluding carboxylic acids is 2. The Hall–Kier alpha value is -3.98. The highest BCUT2D eigenvalue weighted by atomic mass is 32.1. The monoisotopic (exact) mass is 506 g/mol. The summed E-state index contributed by atoms with van der Waals surface area (Å²) in [6.45, 7) is 6.62. The van der Waals surface area contributed by atoms with Gasteiger partial charge in [-0.2, -0.15) is 0 Å². The van der Waals surface area contributed by atoms with Crippen molar-refractivity contribution in [1.82, 2.24) is 4.57 Å². The van der Waals surface area contributed by atoms with E-state index in [4.69, 9.17) is 14.2 Å². The van der Waals surface area contributed by atoms with Crippen molar-refractivity contribution in [3.05, 3.63) is 90.6 Å². The first-order valence-electron chi connectivity index (χ1n) is 11.3. The van der Waals surface area contributed by atoms with Crippen molar-refractivity contribution in [1.29, 1.82) is 0 Å². The summed E-state index contributed by atoms with van der Waals surface area (Å²) in [6, 6.07) is 13.4. The number of aromatic nitrogens is 1. The highest BCUT2D eigenvalue weighted by Gasteiger charge is 2.33. The molecule has 0 saturated heterocycles. The van der Waals surface area contributed by atoms with E-state index < -0.39 is 18.0 Å². The van der Waals surface area contributed by atoms with Crippen LogP contribution < -0.4 is 24.4 Å². The minimum Gasteiger partial charge on any atom is -0.497 e. The second-order valence-electron chi connectivity index (χ2n) is 8.48. The van der Waals surface area contributed by atoms with E-state index in [0.29, 0.717) is 37.7 Å². The first-order valence-corrected chi connectivity index (χ1v) is 12.2. The van der Waals surface area contributed by atoms with Gasteiger partial charge in [0.2, 0.25) is 0 Å². The number of benzene rings is 2. The van der Waals surface area contributed by atoms with Gasteiger partial charge in [-0.05, 0) is 62.2 Å². The number of thiazole rings is 1. The first kappa shape index (κ1) is 25.1. The lowest BCUT2D eigenvalue weighted by atomic mass is 9.96. The van der Waals surface area contributed by atoms with Gasteiger partial charge in [-0.1, -0.05) is 35.6 Å². The van der Waals surface area contributed by atoms with Gasteiger partial charge >= 0.3 is 11.9 Å². The van der Waals surface area contributed by atoms with E-state index in [1.807, 2.05) is 18.2 Å². The van der Waals surface area contributed by atoms with Crippen LogP contribution in [0.4, 0.5) is 0 Å². The molecule has 2 heterocycles. The third-order valence-corrected chi connectivity index (χ3v) is 6.42. The molecule has 186 valence electrons. The van der Waals surface area contributed by atoms with Gasteiger partial charge < -0.3 is 14.2 Å². The molecule has 36 heavy (non-hydrogen) atoms. The summed E-state index contributed by atoms with van der Waals surface area (Å²) >= 11 is 1.22. The summed E-state index contributed by atoms with van der Waals surface area (Å²) in [5.41, 5.74) is 1.93. The van der Waals surface area contributed by atoms with E-state index in [9.17, 15) is 14.4 Å². The number of methoxy groups -OCH3 is 1. The molecule has 0 radical (unpaired) electrons. The third-order valence-electron chi connectivity index (χ3n) is 5.43. The van der Waals surface area contributed by atoms with E-state index in [0.717, 1.165) is 5.56 Å². The molecule has 0 aliphatic carbocycles. The standard InChI is InChI=1S/C27H26N2O6S/c1-15(2)34-26(32)23-16(3)28-27-29(24(23)19-9-11-20(33-5)12-10-19)25(31)22(36-27)14-18-7-6-8-21(13-18)35-17(4)30/h6-15,24H,1-5H3/b22-14-/t24-/m0/s1. The summed E-state index contributed by atoms with van der Waals surface area (Å²) in [5, 5.41) is 0. The number of hydrogen-bond acceptors (Lipinski definition) is 8. The fourth-order valence-electron chi connectivity index (χ4n) is 3.95. The highest BCUT2D eigenvalue weighted by Crippen LogP contribution is 2.31. The molecule has 8 nitrogen and oxygen atoms in total. The first-order chi connectivity index (χ1) is 17.2. The van der Waals surface area contributed by atoms with Gasteiger partial charge in [-0.15, -0.1) is 0 Å². The smallest absolute Gasteiger partial charge is 0.338 e. The Morgan fingerprint density at radius 1 is 1.11 bits per heavy atom. The maximum Gasteiger partial charge on any atom is 0.338 e. The number of fused-ring (bicyclic) bond motifs is 1. The molecule has 1 aliphatic heterocycles. The maximum absolute atomic E-state index is 13.7. The molecule has 2 aromatic carbocycles. The fourth-order valence-corrected chi connectivity index (χ4v) is 4.99. The van der Waals surface area contributed by atoms with Gasteiger partial charge in [-0.3, -0.25) is 14.2 Å². The third kappa shape index (κ3) is 5.16. The van der Waals surface area contributed by atoms with Crippen molar-refractivity contribution in [2.45, 2.75) is 39.8 Å². The molecule has 0 spiro atoms. The van der Waals surface area contributed by atoms with E-state index in [-0.39, 0.29) is 11.7 Å². The SMILES string of the molecule is COc1ccc([C@H]2C(C(=O)OC(C)C)=C(C)N=c3s/c(=C\c4cccc(OC(C)=O)c4)c(=O)n32)cc1. The molecule has 4 rings (SSSR count). The van der Waals surface area contributed by atoms with Crippen molar-refractivity contribution in [2.24, 2.45) is 4.99 Å². The molecular weight excluding hydrogens is 480 g/mol. The van der Waals surface area contributed by atoms with Gasteiger partial charge in [-0.25, -0.2) is 9.79 Å². The zero-order valence-corrected chi connectivity index (χ0v) is 21.4. The average molecular weight is 507 g/mol. The topological polar surface area (TPSA) is 96.2 Å². The van der Waals surface area contributed by atoms with Crippen LogP contribution in [0.5, 0.6) is 11.5 Å². The Morgan fingerprint density at radius 3 is 2.47 bits per heavy atom. The van der Waals surface area contributed by atoms with Crippen molar-refractivity contribution in [2.75, 3.05) is 7.11 Å². The molecule has 0 bridgehead atoms. The Bertz CT molecular complexity index is 1530. The molecule has 1 atom stereocenters. The van der Waals surface area contributed by atoms with Crippen LogP contribution >= 0.6 is 11.3 Å². The van der Waals surface area contributed by atoms with Gasteiger partial charge in [0.15, 0.2) is 4.80 Å². The zero-order chi connectivity index (χ0) is 26.0. The largest absolute Gasteiger partial charge is 0.497 e. The van der Waals surface area contributed by atoms with Gasteiger partial charge in [0, 0.05) is 6.92 Å². The van der Waals surface area contributed by atoms with Gasteiger partial charge in [0.1, 0.15) is 11.5 Å². The van der Waals surface area contributed by atoms with Crippen LogP contribution in [0, 0.1) is 0 Å². The van der Waals surface area contributed by atoms with E-state index in [1.165, 1.54) is 22.8 Å². The number of nitrogens with zero attached hydrogens (tertiary/aromatic N) is 2. The van der Waals surface area contributed by atoms with Crippen molar-refractivity contribution in [3.8, 4) is 11.5 Å². The van der Waals surface area contributed by atoms with Crippen molar-refractivity contribution < 1.29 is 23.8 Å². The van der Waals surface area contributed by atoms with Crippen LogP contribution in [0.2, 0.25) is 0 Å². The summed E-state index contributed by atoms with van der Waals surface area (Å²) in [5.74, 6) is 0.0956. The minimum absolute atomic E-state index is 0.292. The van der Waals surface area contributed by atoms with Crippen LogP contribution in [0.1, 0.15) is 44.9 Å². The number of carbonyl (C=O) groups is 2. The molecule has 0 fully saturated rings. The Labute approximate surface area is 211 Å². The lowest BCUT2D eigenvalue weighted by Gasteiger charge is -2.25. The number of allylic oxidation sites excluding steroid dienone is 1. The van der Waals surface area contributed by atoms with E-state index in [1.54, 1.807) is 64.3 Å². The maximum atomic E-state index is 13.7. The molecule has 0 N–H and O–H groups in total. The minimum atomic E-state index is -0.715. The number of ether oxygens (including phenoxy) is 3. The lowest BCUT2D eigenvalue weighted by molar-refractivity contribution is -0.143. The van der Waals surface area contributed by atoms with Crippen LogP contribution in [-0.2, 0) is 14.3 Å². The lowest BCUT2D eigenvalue weighted by Crippen LogP contribution is -2.40. The van der Waals surface area contributed by atoms with Crippen LogP contribution in [0.3, 0.4) is 0 Å². The Kier molecular flexibility index (Phi) is 7.21. The number of rotatable bonds is 6. The molecule has 0 amide bonds. The summed E-state index contributed by atoms with van der Waals surface area (Å²) in [4.78, 5) is 43.2. The highest BCUT2D eigenvalue weighted by molar-refractivity contribution is 7.07. The molecule has 1 aliphatic rings. The Morgan fingerprint density at radius 2 is 1.83 bits per heavy atom. The summed E-state index contributed by atoms with van der Waals surface area (Å²) in [7, 11) is 1.57. The van der Waals surface area contributed by atoms with E-state index >= 15 is 0 Å². The van der Waals surface area contributed by atoms with Gasteiger partial charge in [0.05, 0.1) is 35.1 Å². The van der Waals surface area contributed by atoms with Crippen molar-refractivity contribution in [3.63, 3.8) is 0 Å². The summed E-state index contributed by atoms with van der Waals surface area (Å²) in [6.07, 6.45) is 1.39. The van der Waals surface area contributed by atoms with Crippen LogP contribution in [0.15, 0.2) is 69.6 Å². The zero-order valence-electron chi connectivity index (χ0n) is 20.6. The fraction of sp³-hybridized carbons (Fsp3) is 0.259. The molecule has 0 unspecified atom stereocenters. The normalized spacial score (nSPS) is 15.4.